The van der Waals surface area contributed by atoms with Crippen molar-refractivity contribution in [3.05, 3.63) is 51.5 Å². The van der Waals surface area contributed by atoms with Gasteiger partial charge in [-0.15, -0.1) is 11.3 Å². The van der Waals surface area contributed by atoms with Crippen molar-refractivity contribution in [2.24, 2.45) is 0 Å². The van der Waals surface area contributed by atoms with Gasteiger partial charge in [0.15, 0.2) is 0 Å². The van der Waals surface area contributed by atoms with E-state index in [1.54, 1.807) is 23.5 Å². The SMILES string of the molecule is Cc1cc(F)ccc1NC(C)c1sccc1C. The Balaban J connectivity index is 2.19. The zero-order chi connectivity index (χ0) is 12.4. The van der Waals surface area contributed by atoms with Crippen LogP contribution in [-0.2, 0) is 0 Å². The summed E-state index contributed by atoms with van der Waals surface area (Å²) in [5.41, 5.74) is 3.23. The number of benzene rings is 1. The number of aryl methyl sites for hydroxylation is 2. The van der Waals surface area contributed by atoms with Crippen LogP contribution in [0.25, 0.3) is 0 Å². The van der Waals surface area contributed by atoms with E-state index >= 15 is 0 Å². The van der Waals surface area contributed by atoms with E-state index in [1.807, 2.05) is 6.92 Å². The van der Waals surface area contributed by atoms with E-state index < -0.39 is 0 Å². The van der Waals surface area contributed by atoms with E-state index in [-0.39, 0.29) is 11.9 Å². The van der Waals surface area contributed by atoms with Gasteiger partial charge >= 0.3 is 0 Å². The average molecular weight is 249 g/mol. The van der Waals surface area contributed by atoms with Crippen molar-refractivity contribution in [1.29, 1.82) is 0 Å². The number of hydrogen-bond acceptors (Lipinski definition) is 2. The molecule has 0 saturated heterocycles. The van der Waals surface area contributed by atoms with Crippen LogP contribution in [0.1, 0.15) is 29.0 Å². The molecule has 0 saturated carbocycles. The molecular weight excluding hydrogens is 233 g/mol. The second-order valence-electron chi connectivity index (χ2n) is 4.29. The van der Waals surface area contributed by atoms with Gasteiger partial charge in [-0.25, -0.2) is 4.39 Å². The molecule has 2 aromatic rings. The highest BCUT2D eigenvalue weighted by Gasteiger charge is 2.10. The Morgan fingerprint density at radius 3 is 2.53 bits per heavy atom. The molecule has 90 valence electrons. The lowest BCUT2D eigenvalue weighted by Gasteiger charge is -2.16. The third kappa shape index (κ3) is 2.67. The lowest BCUT2D eigenvalue weighted by atomic mass is 10.1. The van der Waals surface area contributed by atoms with Crippen LogP contribution < -0.4 is 5.32 Å². The number of rotatable bonds is 3. The van der Waals surface area contributed by atoms with E-state index in [9.17, 15) is 4.39 Å². The third-order valence-electron chi connectivity index (χ3n) is 2.86. The lowest BCUT2D eigenvalue weighted by Crippen LogP contribution is -2.07. The molecule has 0 aliphatic heterocycles. The summed E-state index contributed by atoms with van der Waals surface area (Å²) in [5, 5.41) is 5.52. The van der Waals surface area contributed by atoms with Gasteiger partial charge in [0.1, 0.15) is 5.82 Å². The molecule has 1 nitrogen and oxygen atoms in total. The molecule has 1 unspecified atom stereocenters. The van der Waals surface area contributed by atoms with Gasteiger partial charge < -0.3 is 5.32 Å². The molecule has 0 amide bonds. The van der Waals surface area contributed by atoms with Crippen LogP contribution in [0.15, 0.2) is 29.6 Å². The fourth-order valence-electron chi connectivity index (χ4n) is 1.92. The summed E-state index contributed by atoms with van der Waals surface area (Å²) >= 11 is 1.75. The molecular formula is C14H16FNS. The second-order valence-corrected chi connectivity index (χ2v) is 5.24. The van der Waals surface area contributed by atoms with Crippen molar-refractivity contribution < 1.29 is 4.39 Å². The zero-order valence-corrected chi connectivity index (χ0v) is 11.1. The van der Waals surface area contributed by atoms with Crippen LogP contribution in [0.3, 0.4) is 0 Å². The number of hydrogen-bond donors (Lipinski definition) is 1. The molecule has 0 radical (unpaired) electrons. The van der Waals surface area contributed by atoms with E-state index in [0.29, 0.717) is 0 Å². The molecule has 2 rings (SSSR count). The molecule has 1 N–H and O–H groups in total. The van der Waals surface area contributed by atoms with Gasteiger partial charge in [-0.05, 0) is 61.5 Å². The number of halogens is 1. The maximum Gasteiger partial charge on any atom is 0.123 e. The molecule has 3 heteroatoms. The van der Waals surface area contributed by atoms with E-state index in [1.165, 1.54) is 16.5 Å². The molecule has 1 heterocycles. The van der Waals surface area contributed by atoms with Gasteiger partial charge in [-0.3, -0.25) is 0 Å². The summed E-state index contributed by atoms with van der Waals surface area (Å²) in [6.45, 7) is 6.16. The maximum atomic E-state index is 13.0. The molecule has 1 aromatic carbocycles. The number of nitrogens with one attached hydrogen (secondary N) is 1. The lowest BCUT2D eigenvalue weighted by molar-refractivity contribution is 0.626. The largest absolute Gasteiger partial charge is 0.377 e. The highest BCUT2D eigenvalue weighted by molar-refractivity contribution is 7.10. The van der Waals surface area contributed by atoms with Gasteiger partial charge in [0.2, 0.25) is 0 Å². The molecule has 0 bridgehead atoms. The van der Waals surface area contributed by atoms with Crippen LogP contribution in [0, 0.1) is 19.7 Å². The van der Waals surface area contributed by atoms with Crippen molar-refractivity contribution in [3.63, 3.8) is 0 Å². The molecule has 0 fully saturated rings. The second kappa shape index (κ2) is 4.88. The van der Waals surface area contributed by atoms with Crippen LogP contribution >= 0.6 is 11.3 Å². The zero-order valence-electron chi connectivity index (χ0n) is 10.3. The van der Waals surface area contributed by atoms with Crippen molar-refractivity contribution in [1.82, 2.24) is 0 Å². The predicted octanol–water partition coefficient (Wildman–Crippen LogP) is 4.68. The van der Waals surface area contributed by atoms with Crippen LogP contribution in [0.2, 0.25) is 0 Å². The van der Waals surface area contributed by atoms with Crippen LogP contribution in [0.5, 0.6) is 0 Å². The van der Waals surface area contributed by atoms with Crippen LogP contribution in [0.4, 0.5) is 10.1 Å². The van der Waals surface area contributed by atoms with E-state index in [4.69, 9.17) is 0 Å². The fraction of sp³-hybridized carbons (Fsp3) is 0.286. The smallest absolute Gasteiger partial charge is 0.123 e. The normalized spacial score (nSPS) is 12.5. The van der Waals surface area contributed by atoms with Crippen LogP contribution in [-0.4, -0.2) is 0 Å². The number of anilines is 1. The third-order valence-corrected chi connectivity index (χ3v) is 4.06. The minimum Gasteiger partial charge on any atom is -0.377 e. The van der Waals surface area contributed by atoms with Gasteiger partial charge in [0.25, 0.3) is 0 Å². The molecule has 0 spiro atoms. The Morgan fingerprint density at radius 2 is 1.94 bits per heavy atom. The topological polar surface area (TPSA) is 12.0 Å². The average Bonchev–Trinajstić information content (AvgIpc) is 2.68. The van der Waals surface area contributed by atoms with Crippen molar-refractivity contribution in [3.8, 4) is 0 Å². The summed E-state index contributed by atoms with van der Waals surface area (Å²) in [4.78, 5) is 1.33. The molecule has 0 aliphatic carbocycles. The van der Waals surface area contributed by atoms with E-state index in [2.05, 4.69) is 30.6 Å². The Morgan fingerprint density at radius 1 is 1.18 bits per heavy atom. The summed E-state index contributed by atoms with van der Waals surface area (Å²) in [6.07, 6.45) is 0. The predicted molar refractivity (Wildman–Crippen MR) is 72.2 cm³/mol. The summed E-state index contributed by atoms with van der Waals surface area (Å²) in [5.74, 6) is -0.187. The summed E-state index contributed by atoms with van der Waals surface area (Å²) in [7, 11) is 0. The van der Waals surface area contributed by atoms with Gasteiger partial charge in [0, 0.05) is 10.6 Å². The Kier molecular flexibility index (Phi) is 3.48. The Labute approximate surface area is 105 Å². The van der Waals surface area contributed by atoms with Gasteiger partial charge in [0.05, 0.1) is 6.04 Å². The van der Waals surface area contributed by atoms with E-state index in [0.717, 1.165) is 11.3 Å². The minimum atomic E-state index is -0.187. The summed E-state index contributed by atoms with van der Waals surface area (Å²) < 4.78 is 13.0. The van der Waals surface area contributed by atoms with Crippen molar-refractivity contribution in [2.45, 2.75) is 26.8 Å². The molecule has 17 heavy (non-hydrogen) atoms. The summed E-state index contributed by atoms with van der Waals surface area (Å²) in [6, 6.07) is 7.21. The monoisotopic (exact) mass is 249 g/mol. The van der Waals surface area contributed by atoms with Crippen molar-refractivity contribution >= 4 is 17.0 Å². The Hall–Kier alpha value is -1.35. The quantitative estimate of drug-likeness (QED) is 0.833. The highest BCUT2D eigenvalue weighted by atomic mass is 32.1. The first-order valence-corrected chi connectivity index (χ1v) is 6.52. The molecule has 1 aromatic heterocycles. The standard InChI is InChI=1S/C14H16FNS/c1-9-6-7-17-14(9)11(3)16-13-5-4-12(15)8-10(13)2/h4-8,11,16H,1-3H3. The first kappa shape index (κ1) is 12.1. The van der Waals surface area contributed by atoms with Crippen molar-refractivity contribution in [2.75, 3.05) is 5.32 Å². The first-order chi connectivity index (χ1) is 8.08. The first-order valence-electron chi connectivity index (χ1n) is 5.64. The number of thiophene rings is 1. The Bertz CT molecular complexity index is 519. The molecule has 1 atom stereocenters. The fourth-order valence-corrected chi connectivity index (χ4v) is 2.85. The van der Waals surface area contributed by atoms with Gasteiger partial charge in [-0.1, -0.05) is 0 Å². The maximum absolute atomic E-state index is 13.0. The highest BCUT2D eigenvalue weighted by Crippen LogP contribution is 2.28. The molecule has 0 aliphatic rings. The minimum absolute atomic E-state index is 0.187. The van der Waals surface area contributed by atoms with Gasteiger partial charge in [-0.2, -0.15) is 0 Å².